The maximum absolute atomic E-state index is 11.7. The lowest BCUT2D eigenvalue weighted by Crippen LogP contribution is -2.25. The van der Waals surface area contributed by atoms with Gasteiger partial charge < -0.3 is 14.4 Å². The molecule has 0 aromatic heterocycles. The minimum Gasteiger partial charge on any atom is -0.486 e. The normalized spacial score (nSPS) is 13.2. The minimum absolute atomic E-state index is 0.174. The van der Waals surface area contributed by atoms with Gasteiger partial charge in [-0.15, -0.1) is 0 Å². The molecule has 0 fully saturated rings. The zero-order valence-electron chi connectivity index (χ0n) is 10.9. The van der Waals surface area contributed by atoms with Crippen molar-refractivity contribution in [2.75, 3.05) is 20.3 Å². The lowest BCUT2D eigenvalue weighted by molar-refractivity contribution is -0.130. The van der Waals surface area contributed by atoms with Crippen molar-refractivity contribution in [3.63, 3.8) is 0 Å². The number of benzene rings is 1. The summed E-state index contributed by atoms with van der Waals surface area (Å²) in [6.07, 6.45) is 1.48. The summed E-state index contributed by atoms with van der Waals surface area (Å²) in [4.78, 5) is 13.5. The molecule has 1 heterocycles. The van der Waals surface area contributed by atoms with Crippen LogP contribution in [0.4, 0.5) is 0 Å². The zero-order valence-corrected chi connectivity index (χ0v) is 10.9. The summed E-state index contributed by atoms with van der Waals surface area (Å²) in [7, 11) is 1.83. The van der Waals surface area contributed by atoms with Crippen LogP contribution in [-0.4, -0.2) is 31.1 Å². The first kappa shape index (κ1) is 12.7. The van der Waals surface area contributed by atoms with Crippen molar-refractivity contribution in [1.82, 2.24) is 4.90 Å². The Morgan fingerprint density at radius 3 is 2.72 bits per heavy atom. The van der Waals surface area contributed by atoms with Crippen LogP contribution in [0.1, 0.15) is 25.3 Å². The number of fused-ring (bicyclic) bond motifs is 1. The van der Waals surface area contributed by atoms with Crippen LogP contribution in [0, 0.1) is 0 Å². The molecule has 0 unspecified atom stereocenters. The van der Waals surface area contributed by atoms with E-state index >= 15 is 0 Å². The molecule has 0 saturated carbocycles. The van der Waals surface area contributed by atoms with Gasteiger partial charge in [-0.25, -0.2) is 0 Å². The molecule has 4 heteroatoms. The van der Waals surface area contributed by atoms with E-state index in [9.17, 15) is 4.79 Å². The number of carbonyl (C=O) groups is 1. The number of hydrogen-bond acceptors (Lipinski definition) is 3. The summed E-state index contributed by atoms with van der Waals surface area (Å²) in [6.45, 7) is 3.80. The first-order valence-corrected chi connectivity index (χ1v) is 6.33. The van der Waals surface area contributed by atoms with Gasteiger partial charge in [-0.05, 0) is 24.1 Å². The van der Waals surface area contributed by atoms with Gasteiger partial charge in [0.1, 0.15) is 13.2 Å². The molecule has 1 aromatic rings. The van der Waals surface area contributed by atoms with E-state index in [1.807, 2.05) is 32.2 Å². The van der Waals surface area contributed by atoms with E-state index in [0.29, 0.717) is 26.2 Å². The Morgan fingerprint density at radius 1 is 1.28 bits per heavy atom. The van der Waals surface area contributed by atoms with Gasteiger partial charge in [0.15, 0.2) is 11.5 Å². The first-order valence-electron chi connectivity index (χ1n) is 6.33. The van der Waals surface area contributed by atoms with Gasteiger partial charge in [0, 0.05) is 20.0 Å². The van der Waals surface area contributed by atoms with Gasteiger partial charge in [-0.1, -0.05) is 13.0 Å². The molecule has 1 aliphatic heterocycles. The smallest absolute Gasteiger partial charge is 0.222 e. The highest BCUT2D eigenvalue weighted by atomic mass is 16.6. The highest BCUT2D eigenvalue weighted by Gasteiger charge is 2.13. The molecule has 0 N–H and O–H groups in total. The average Bonchev–Trinajstić information content (AvgIpc) is 2.39. The van der Waals surface area contributed by atoms with Crippen LogP contribution in [0.3, 0.4) is 0 Å². The number of hydrogen-bond donors (Lipinski definition) is 0. The van der Waals surface area contributed by atoms with Gasteiger partial charge in [-0.3, -0.25) is 4.79 Å². The second kappa shape index (κ2) is 5.76. The van der Waals surface area contributed by atoms with Gasteiger partial charge in [0.05, 0.1) is 0 Å². The van der Waals surface area contributed by atoms with Gasteiger partial charge in [0.25, 0.3) is 0 Å². The van der Waals surface area contributed by atoms with Crippen molar-refractivity contribution in [3.05, 3.63) is 23.8 Å². The lowest BCUT2D eigenvalue weighted by atomic mass is 10.1. The van der Waals surface area contributed by atoms with Gasteiger partial charge in [-0.2, -0.15) is 0 Å². The predicted molar refractivity (Wildman–Crippen MR) is 68.8 cm³/mol. The summed E-state index contributed by atoms with van der Waals surface area (Å²) in [6, 6.07) is 5.83. The Kier molecular flexibility index (Phi) is 4.07. The molecule has 1 aliphatic rings. The molecule has 0 aliphatic carbocycles. The van der Waals surface area contributed by atoms with E-state index in [-0.39, 0.29) is 5.91 Å². The molecule has 1 aromatic carbocycles. The first-order chi connectivity index (χ1) is 8.70. The molecule has 0 spiro atoms. The summed E-state index contributed by atoms with van der Waals surface area (Å²) in [5.74, 6) is 1.73. The van der Waals surface area contributed by atoms with Crippen LogP contribution in [0.5, 0.6) is 11.5 Å². The number of nitrogens with zero attached hydrogens (tertiary/aromatic N) is 1. The topological polar surface area (TPSA) is 38.8 Å². The van der Waals surface area contributed by atoms with Crippen LogP contribution < -0.4 is 9.47 Å². The zero-order chi connectivity index (χ0) is 13.0. The fraction of sp³-hybridized carbons (Fsp3) is 0.500. The highest BCUT2D eigenvalue weighted by Crippen LogP contribution is 2.31. The van der Waals surface area contributed by atoms with E-state index in [4.69, 9.17) is 9.47 Å². The van der Waals surface area contributed by atoms with Crippen LogP contribution in [0.2, 0.25) is 0 Å². The highest BCUT2D eigenvalue weighted by molar-refractivity contribution is 5.75. The SMILES string of the molecule is CCCC(=O)N(C)Cc1ccc2c(c1)OCCO2. The third kappa shape index (κ3) is 2.94. The Morgan fingerprint density at radius 2 is 2.00 bits per heavy atom. The molecule has 0 bridgehead atoms. The summed E-state index contributed by atoms with van der Waals surface area (Å²) in [5.41, 5.74) is 1.06. The van der Waals surface area contributed by atoms with Crippen LogP contribution in [0.25, 0.3) is 0 Å². The van der Waals surface area contributed by atoms with E-state index in [2.05, 4.69) is 0 Å². The molecule has 98 valence electrons. The molecular formula is C14H19NO3. The predicted octanol–water partition coefficient (Wildman–Crippen LogP) is 2.22. The number of ether oxygens (including phenoxy) is 2. The second-order valence-electron chi connectivity index (χ2n) is 4.48. The van der Waals surface area contributed by atoms with Gasteiger partial charge >= 0.3 is 0 Å². The fourth-order valence-electron chi connectivity index (χ4n) is 1.95. The number of amides is 1. The van der Waals surface area contributed by atoms with Crippen molar-refractivity contribution in [2.24, 2.45) is 0 Å². The van der Waals surface area contributed by atoms with Gasteiger partial charge in [0.2, 0.25) is 5.91 Å². The maximum Gasteiger partial charge on any atom is 0.222 e. The quantitative estimate of drug-likeness (QED) is 0.821. The Balaban J connectivity index is 2.03. The molecule has 0 saturated heterocycles. The Hall–Kier alpha value is -1.71. The Labute approximate surface area is 107 Å². The maximum atomic E-state index is 11.7. The second-order valence-corrected chi connectivity index (χ2v) is 4.48. The van der Waals surface area contributed by atoms with Crippen LogP contribution >= 0.6 is 0 Å². The molecule has 2 rings (SSSR count). The number of carbonyl (C=O) groups excluding carboxylic acids is 1. The van der Waals surface area contributed by atoms with E-state index in [1.54, 1.807) is 4.90 Å². The largest absolute Gasteiger partial charge is 0.486 e. The molecule has 4 nitrogen and oxygen atoms in total. The minimum atomic E-state index is 0.174. The summed E-state index contributed by atoms with van der Waals surface area (Å²) >= 11 is 0. The van der Waals surface area contributed by atoms with E-state index in [0.717, 1.165) is 23.5 Å². The van der Waals surface area contributed by atoms with Crippen LogP contribution in [-0.2, 0) is 11.3 Å². The third-order valence-corrected chi connectivity index (χ3v) is 2.92. The Bertz CT molecular complexity index is 431. The summed E-state index contributed by atoms with van der Waals surface area (Å²) < 4.78 is 11.0. The standard InChI is InChI=1S/C14H19NO3/c1-3-4-14(16)15(2)10-11-5-6-12-13(9-11)18-8-7-17-12/h5-6,9H,3-4,7-8,10H2,1-2H3. The monoisotopic (exact) mass is 249 g/mol. The molecule has 0 atom stereocenters. The summed E-state index contributed by atoms with van der Waals surface area (Å²) in [5, 5.41) is 0. The fourth-order valence-corrected chi connectivity index (χ4v) is 1.95. The third-order valence-electron chi connectivity index (χ3n) is 2.92. The molecular weight excluding hydrogens is 230 g/mol. The van der Waals surface area contributed by atoms with Crippen molar-refractivity contribution < 1.29 is 14.3 Å². The number of rotatable bonds is 4. The van der Waals surface area contributed by atoms with E-state index in [1.165, 1.54) is 0 Å². The van der Waals surface area contributed by atoms with E-state index < -0.39 is 0 Å². The molecule has 0 radical (unpaired) electrons. The molecule has 1 amide bonds. The molecule has 18 heavy (non-hydrogen) atoms. The van der Waals surface area contributed by atoms with Crippen LogP contribution in [0.15, 0.2) is 18.2 Å². The average molecular weight is 249 g/mol. The van der Waals surface area contributed by atoms with Crippen molar-refractivity contribution in [1.29, 1.82) is 0 Å². The van der Waals surface area contributed by atoms with Crippen molar-refractivity contribution in [2.45, 2.75) is 26.3 Å². The lowest BCUT2D eigenvalue weighted by Gasteiger charge is -2.21. The van der Waals surface area contributed by atoms with Crippen molar-refractivity contribution >= 4 is 5.91 Å². The van der Waals surface area contributed by atoms with Crippen molar-refractivity contribution in [3.8, 4) is 11.5 Å².